The van der Waals surface area contributed by atoms with Crippen molar-refractivity contribution < 1.29 is 34.8 Å². The molecule has 0 aromatic heterocycles. The lowest BCUT2D eigenvalue weighted by molar-refractivity contribution is -0.341. The second-order valence-electron chi connectivity index (χ2n) is 17.2. The summed E-state index contributed by atoms with van der Waals surface area (Å²) in [6.45, 7) is 6.46. The van der Waals surface area contributed by atoms with Gasteiger partial charge in [0.15, 0.2) is 0 Å². The number of fused-ring (bicyclic) bond motifs is 9. The number of nitrogens with one attached hydrogen (secondary N) is 2. The summed E-state index contributed by atoms with van der Waals surface area (Å²) in [5, 5.41) is 58.0. The van der Waals surface area contributed by atoms with E-state index < -0.39 is 57.6 Å². The first-order chi connectivity index (χ1) is 22.4. The molecule has 0 radical (unpaired) electrons. The fraction of sp³-hybridized carbons (Fsp3) is 0.789. The molecule has 0 aromatic carbocycles. The van der Waals surface area contributed by atoms with Gasteiger partial charge in [-0.1, -0.05) is 32.1 Å². The van der Waals surface area contributed by atoms with Crippen molar-refractivity contribution in [3.8, 4) is 0 Å². The van der Waals surface area contributed by atoms with Gasteiger partial charge in [-0.25, -0.2) is 4.79 Å². The predicted octanol–water partition coefficient (Wildman–Crippen LogP) is 2.43. The molecule has 1 aliphatic heterocycles. The Morgan fingerprint density at radius 3 is 2.66 bits per heavy atom. The molecule has 0 bridgehead atoms. The summed E-state index contributed by atoms with van der Waals surface area (Å²) in [5.41, 5.74) is -4.83. The standard InChI is InChI=1S/C38H54N2O7/c1-21-5-4-6-22-14-28-29(42)7-10-35(20-41)30-8-9-34(2)32-23(13-24(19-40-12-11-39-3)33-27(32)16-31(43)47-33)17-37(34,45)36(30,44)18-25(15-26(21)22)38(28,35)46/h4,6,13,16,20-23,25-26,28-30,32-33,39-40,42,44-46H,5,7-12,14-15,17-19H2,1-3H3. The van der Waals surface area contributed by atoms with Gasteiger partial charge in [-0.15, -0.1) is 0 Å². The highest BCUT2D eigenvalue weighted by Gasteiger charge is 2.82. The average Bonchev–Trinajstić information content (AvgIpc) is 3.48. The van der Waals surface area contributed by atoms with Gasteiger partial charge in [0, 0.05) is 43.0 Å². The molecule has 7 aliphatic carbocycles. The molecule has 15 atom stereocenters. The zero-order chi connectivity index (χ0) is 33.1. The minimum atomic E-state index is -1.63. The number of carbonyl (C=O) groups is 2. The molecule has 258 valence electrons. The summed E-state index contributed by atoms with van der Waals surface area (Å²) in [7, 11) is 1.90. The number of allylic oxidation sites excluding steroid dienone is 3. The van der Waals surface area contributed by atoms with Crippen molar-refractivity contribution in [3.63, 3.8) is 0 Å². The van der Waals surface area contributed by atoms with Gasteiger partial charge in [0.25, 0.3) is 0 Å². The molecule has 8 aliphatic rings. The monoisotopic (exact) mass is 650 g/mol. The van der Waals surface area contributed by atoms with E-state index in [0.717, 1.165) is 36.9 Å². The highest BCUT2D eigenvalue weighted by molar-refractivity contribution is 5.87. The number of hydrogen-bond donors (Lipinski definition) is 6. The molecule has 9 heteroatoms. The summed E-state index contributed by atoms with van der Waals surface area (Å²) < 4.78 is 5.88. The SMILES string of the molecule is CNCCNCC1=CC2CC3(O)C(C)(CCC4C3(O)CC3CC5C(C)CC=CC5CC5C(O)CCC4(C=O)C35O)C2C2=CC(=O)OC12. The van der Waals surface area contributed by atoms with Gasteiger partial charge >= 0.3 is 5.97 Å². The molecule has 1 heterocycles. The van der Waals surface area contributed by atoms with Crippen molar-refractivity contribution in [2.45, 2.75) is 101 Å². The Morgan fingerprint density at radius 1 is 1.09 bits per heavy atom. The van der Waals surface area contributed by atoms with Crippen LogP contribution in [0.25, 0.3) is 0 Å². The van der Waals surface area contributed by atoms with Crippen LogP contribution < -0.4 is 10.6 Å². The molecule has 5 saturated carbocycles. The van der Waals surface area contributed by atoms with E-state index >= 15 is 0 Å². The minimum absolute atomic E-state index is 0.109. The van der Waals surface area contributed by atoms with Gasteiger partial charge in [0.05, 0.1) is 22.7 Å². The topological polar surface area (TPSA) is 148 Å². The molecule has 0 amide bonds. The molecule has 0 saturated heterocycles. The zero-order valence-electron chi connectivity index (χ0n) is 28.2. The number of aliphatic hydroxyl groups is 4. The van der Waals surface area contributed by atoms with Crippen LogP contribution >= 0.6 is 0 Å². The van der Waals surface area contributed by atoms with E-state index in [-0.39, 0.29) is 36.1 Å². The van der Waals surface area contributed by atoms with Crippen molar-refractivity contribution in [1.29, 1.82) is 0 Å². The highest BCUT2D eigenvalue weighted by atomic mass is 16.5. The molecule has 8 rings (SSSR count). The van der Waals surface area contributed by atoms with E-state index in [4.69, 9.17) is 4.74 Å². The smallest absolute Gasteiger partial charge is 0.331 e. The van der Waals surface area contributed by atoms with E-state index in [9.17, 15) is 30.0 Å². The van der Waals surface area contributed by atoms with Crippen molar-refractivity contribution in [2.75, 3.05) is 26.7 Å². The van der Waals surface area contributed by atoms with Gasteiger partial charge < -0.3 is 40.6 Å². The first-order valence-corrected chi connectivity index (χ1v) is 18.3. The Morgan fingerprint density at radius 2 is 1.89 bits per heavy atom. The van der Waals surface area contributed by atoms with E-state index in [1.165, 1.54) is 0 Å². The second-order valence-corrected chi connectivity index (χ2v) is 17.2. The lowest BCUT2D eigenvalue weighted by Gasteiger charge is -2.71. The number of aldehydes is 1. The maximum Gasteiger partial charge on any atom is 0.331 e. The number of carbonyl (C=O) groups excluding carboxylic acids is 2. The van der Waals surface area contributed by atoms with Crippen LogP contribution in [-0.4, -0.2) is 88.4 Å². The van der Waals surface area contributed by atoms with Crippen LogP contribution in [-0.2, 0) is 14.3 Å². The zero-order valence-corrected chi connectivity index (χ0v) is 28.2. The van der Waals surface area contributed by atoms with Crippen LogP contribution in [0.2, 0.25) is 0 Å². The van der Waals surface area contributed by atoms with Crippen LogP contribution in [0.1, 0.15) is 71.6 Å². The summed E-state index contributed by atoms with van der Waals surface area (Å²) in [6, 6.07) is 0. The molecule has 0 spiro atoms. The van der Waals surface area contributed by atoms with Crippen LogP contribution in [0.4, 0.5) is 0 Å². The van der Waals surface area contributed by atoms with E-state index in [1.54, 1.807) is 6.08 Å². The maximum atomic E-state index is 13.7. The quantitative estimate of drug-likeness (QED) is 0.110. The molecule has 6 N–H and O–H groups in total. The summed E-state index contributed by atoms with van der Waals surface area (Å²) >= 11 is 0. The predicted molar refractivity (Wildman–Crippen MR) is 175 cm³/mol. The minimum Gasteiger partial charge on any atom is -0.450 e. The molecule has 0 aromatic rings. The van der Waals surface area contributed by atoms with Crippen LogP contribution in [0.5, 0.6) is 0 Å². The largest absolute Gasteiger partial charge is 0.450 e. The maximum absolute atomic E-state index is 13.7. The van der Waals surface area contributed by atoms with Gasteiger partial charge in [0.1, 0.15) is 18.0 Å². The Bertz CT molecular complexity index is 1430. The van der Waals surface area contributed by atoms with Crippen molar-refractivity contribution in [1.82, 2.24) is 10.6 Å². The third-order valence-electron chi connectivity index (χ3n) is 15.6. The average molecular weight is 651 g/mol. The number of rotatable bonds is 6. The van der Waals surface area contributed by atoms with Crippen LogP contribution in [0.3, 0.4) is 0 Å². The summed E-state index contributed by atoms with van der Waals surface area (Å²) in [6.07, 6.45) is 12.5. The molecular formula is C38H54N2O7. The summed E-state index contributed by atoms with van der Waals surface area (Å²) in [4.78, 5) is 26.5. The second kappa shape index (κ2) is 10.8. The lowest BCUT2D eigenvalue weighted by Crippen LogP contribution is -2.80. The Hall–Kier alpha value is -1.88. The number of esters is 1. The first-order valence-electron chi connectivity index (χ1n) is 18.3. The Balaban J connectivity index is 1.23. The summed E-state index contributed by atoms with van der Waals surface area (Å²) in [5.74, 6) is -1.38. The highest BCUT2D eigenvalue weighted by Crippen LogP contribution is 2.76. The van der Waals surface area contributed by atoms with Gasteiger partial charge in [-0.2, -0.15) is 0 Å². The van der Waals surface area contributed by atoms with Crippen molar-refractivity contribution in [2.24, 2.45) is 58.2 Å². The molecule has 15 unspecified atom stereocenters. The van der Waals surface area contributed by atoms with E-state index in [2.05, 4.69) is 42.7 Å². The van der Waals surface area contributed by atoms with E-state index in [1.807, 2.05) is 7.05 Å². The number of aliphatic hydroxyl groups excluding tert-OH is 1. The van der Waals surface area contributed by atoms with Gasteiger partial charge in [-0.3, -0.25) is 0 Å². The Kier molecular flexibility index (Phi) is 7.44. The number of hydrogen-bond acceptors (Lipinski definition) is 9. The molecule has 9 nitrogen and oxygen atoms in total. The van der Waals surface area contributed by atoms with E-state index in [0.29, 0.717) is 57.4 Å². The normalized spacial score (nSPS) is 54.0. The molecule has 5 fully saturated rings. The van der Waals surface area contributed by atoms with Gasteiger partial charge in [-0.05, 0) is 111 Å². The number of ether oxygens (including phenoxy) is 1. The van der Waals surface area contributed by atoms with Crippen LogP contribution in [0, 0.1) is 58.2 Å². The van der Waals surface area contributed by atoms with Crippen molar-refractivity contribution >= 4 is 12.3 Å². The fourth-order valence-corrected chi connectivity index (χ4v) is 13.5. The third kappa shape index (κ3) is 3.99. The molecule has 47 heavy (non-hydrogen) atoms. The number of likely N-dealkylation sites (N-methyl/N-ethyl adjacent to an activating group) is 1. The van der Waals surface area contributed by atoms with Crippen molar-refractivity contribution in [3.05, 3.63) is 35.5 Å². The Labute approximate surface area is 278 Å². The molecular weight excluding hydrogens is 596 g/mol. The van der Waals surface area contributed by atoms with Gasteiger partial charge in [0.2, 0.25) is 0 Å². The first kappa shape index (κ1) is 32.3. The fourth-order valence-electron chi connectivity index (χ4n) is 13.5. The third-order valence-corrected chi connectivity index (χ3v) is 15.6. The van der Waals surface area contributed by atoms with Crippen LogP contribution in [0.15, 0.2) is 35.5 Å². The lowest BCUT2D eigenvalue weighted by atomic mass is 9.36.